The number of phosphoric ester groups is 1. The molecule has 0 fully saturated rings. The number of carbonyl (C=O) groups excluding carboxylic acids is 3. The first-order valence-corrected chi connectivity index (χ1v) is 21.9. The van der Waals surface area contributed by atoms with Gasteiger partial charge in [0.15, 0.2) is 6.29 Å². The molecule has 15 nitrogen and oxygen atoms in total. The van der Waals surface area contributed by atoms with Crippen LogP contribution in [0.25, 0.3) is 0 Å². The van der Waals surface area contributed by atoms with Crippen molar-refractivity contribution in [3.8, 4) is 0 Å². The van der Waals surface area contributed by atoms with E-state index in [0.29, 0.717) is 6.42 Å². The maximum absolute atomic E-state index is 14.2. The average molecular weight is 845 g/mol. The van der Waals surface area contributed by atoms with Gasteiger partial charge in [-0.1, -0.05) is 88.4 Å². The SMILES string of the molecule is CC(C)c1nc(CN(C)C(=O)N[C@H](C(=O)NC(Cc2ccccc2)C[C@H](O[C@H](C)OP(=O)(O)O)[C@H](Cc2ccccc2)NC(=O)OCc2cncs2)C(C)C)cs1. The van der Waals surface area contributed by atoms with Crippen molar-refractivity contribution in [3.05, 3.63) is 104 Å². The molecular weight excluding hydrogens is 792 g/mol. The molecule has 2 aromatic heterocycles. The van der Waals surface area contributed by atoms with Crippen LogP contribution in [0.4, 0.5) is 9.59 Å². The Bertz CT molecular complexity index is 1880. The molecule has 57 heavy (non-hydrogen) atoms. The number of phosphoric acid groups is 1. The zero-order chi connectivity index (χ0) is 41.5. The third-order valence-corrected chi connectivity index (χ3v) is 11.3. The number of nitrogens with one attached hydrogen (secondary N) is 3. The summed E-state index contributed by atoms with van der Waals surface area (Å²) in [4.78, 5) is 71.0. The molecule has 4 amide bonds. The average Bonchev–Trinajstić information content (AvgIpc) is 3.85. The summed E-state index contributed by atoms with van der Waals surface area (Å²) in [6.45, 7) is 9.35. The predicted octanol–water partition coefficient (Wildman–Crippen LogP) is 6.38. The number of alkyl carbamates (subject to hydrolysis) is 1. The van der Waals surface area contributed by atoms with E-state index < -0.39 is 56.4 Å². The fraction of sp³-hybridized carbons (Fsp3) is 0.462. The topological polar surface area (TPSA) is 202 Å². The van der Waals surface area contributed by atoms with Crippen LogP contribution in [0.2, 0.25) is 0 Å². The number of ether oxygens (including phenoxy) is 2. The lowest BCUT2D eigenvalue weighted by molar-refractivity contribution is -0.133. The largest absolute Gasteiger partial charge is 0.471 e. The molecule has 0 saturated carbocycles. The van der Waals surface area contributed by atoms with Gasteiger partial charge >= 0.3 is 19.9 Å². The number of rotatable bonds is 21. The number of hydrogen-bond donors (Lipinski definition) is 5. The van der Waals surface area contributed by atoms with Gasteiger partial charge in [0, 0.05) is 30.6 Å². The molecule has 4 aromatic rings. The van der Waals surface area contributed by atoms with Gasteiger partial charge in [-0.2, -0.15) is 0 Å². The maximum atomic E-state index is 14.2. The summed E-state index contributed by atoms with van der Waals surface area (Å²) in [5, 5.41) is 11.8. The Kier molecular flexibility index (Phi) is 17.6. The first-order valence-electron chi connectivity index (χ1n) is 18.6. The van der Waals surface area contributed by atoms with Gasteiger partial charge < -0.3 is 40.1 Å². The fourth-order valence-electron chi connectivity index (χ4n) is 5.98. The van der Waals surface area contributed by atoms with E-state index in [1.165, 1.54) is 34.5 Å². The number of hydrogen-bond acceptors (Lipinski definition) is 11. The summed E-state index contributed by atoms with van der Waals surface area (Å²) in [7, 11) is -3.34. The summed E-state index contributed by atoms with van der Waals surface area (Å²) < 4.78 is 28.5. The van der Waals surface area contributed by atoms with Crippen LogP contribution < -0.4 is 16.0 Å². The molecule has 0 spiro atoms. The molecule has 0 aliphatic heterocycles. The van der Waals surface area contributed by atoms with E-state index in [4.69, 9.17) is 14.0 Å². The number of benzene rings is 2. The molecule has 18 heteroatoms. The molecule has 4 rings (SSSR count). The van der Waals surface area contributed by atoms with Gasteiger partial charge in [0.1, 0.15) is 12.6 Å². The van der Waals surface area contributed by atoms with Crippen molar-refractivity contribution in [2.75, 3.05) is 7.05 Å². The molecule has 0 aliphatic rings. The highest BCUT2D eigenvalue weighted by molar-refractivity contribution is 7.46. The van der Waals surface area contributed by atoms with Gasteiger partial charge in [-0.05, 0) is 43.2 Å². The lowest BCUT2D eigenvalue weighted by Gasteiger charge is -2.34. The van der Waals surface area contributed by atoms with Crippen LogP contribution in [0.1, 0.15) is 73.7 Å². The van der Waals surface area contributed by atoms with Gasteiger partial charge in [0.05, 0.1) is 39.8 Å². The highest BCUT2D eigenvalue weighted by Gasteiger charge is 2.34. The van der Waals surface area contributed by atoms with Crippen molar-refractivity contribution in [2.45, 2.75) is 103 Å². The minimum absolute atomic E-state index is 0.0231. The number of amides is 4. The smallest absolute Gasteiger partial charge is 0.444 e. The Labute approximate surface area is 341 Å². The van der Waals surface area contributed by atoms with Gasteiger partial charge in [-0.15, -0.1) is 22.7 Å². The number of thiazole rings is 2. The third kappa shape index (κ3) is 15.9. The van der Waals surface area contributed by atoms with Crippen molar-refractivity contribution in [2.24, 2.45) is 5.92 Å². The third-order valence-electron chi connectivity index (χ3n) is 8.76. The van der Waals surface area contributed by atoms with E-state index in [2.05, 4.69) is 39.8 Å². The zero-order valence-corrected chi connectivity index (χ0v) is 35.5. The Hall–Kier alpha value is -4.22. The lowest BCUT2D eigenvalue weighted by Crippen LogP contribution is -2.56. The fourth-order valence-corrected chi connectivity index (χ4v) is 7.75. The minimum atomic E-state index is -4.98. The Balaban J connectivity index is 1.61. The van der Waals surface area contributed by atoms with E-state index in [-0.39, 0.29) is 37.8 Å². The van der Waals surface area contributed by atoms with E-state index >= 15 is 0 Å². The summed E-state index contributed by atoms with van der Waals surface area (Å²) in [5.74, 6) is -0.491. The monoisotopic (exact) mass is 844 g/mol. The number of urea groups is 1. The Morgan fingerprint density at radius 3 is 2.11 bits per heavy atom. The molecule has 0 aliphatic carbocycles. The minimum Gasteiger partial charge on any atom is -0.444 e. The summed E-state index contributed by atoms with van der Waals surface area (Å²) in [6, 6.07) is 15.8. The molecule has 2 heterocycles. The van der Waals surface area contributed by atoms with E-state index in [0.717, 1.165) is 26.7 Å². The lowest BCUT2D eigenvalue weighted by atomic mass is 9.92. The standard InChI is InChI=1S/C39H53N6O9PS2/c1-25(2)35(44-38(47)45(6)21-31-23-56-37(42-31)26(3)4)36(46)41-30(17-28-13-9-7-10-14-28)19-34(53-27(5)54-55(49,50)51)33(18-29-15-11-8-12-16-29)43-39(48)52-22-32-20-40-24-57-32/h7-16,20,23-27,30,33-35H,17-19,21-22H2,1-6H3,(H,41,46)(H,43,48)(H,44,47)(H2,49,50,51)/t27-,30?,33-,34-,35-/m0/s1. The number of carbonyl (C=O) groups is 3. The molecule has 310 valence electrons. The Morgan fingerprint density at radius 2 is 1.54 bits per heavy atom. The highest BCUT2D eigenvalue weighted by Crippen LogP contribution is 2.38. The first kappa shape index (κ1) is 45.5. The van der Waals surface area contributed by atoms with Crippen LogP contribution in [0.15, 0.2) is 77.8 Å². The summed E-state index contributed by atoms with van der Waals surface area (Å²) in [6.07, 6.45) is -0.997. The maximum Gasteiger partial charge on any atom is 0.471 e. The van der Waals surface area contributed by atoms with Crippen LogP contribution in [0, 0.1) is 5.92 Å². The Morgan fingerprint density at radius 1 is 0.895 bits per heavy atom. The van der Waals surface area contributed by atoms with Crippen LogP contribution in [0.3, 0.4) is 0 Å². The van der Waals surface area contributed by atoms with Gasteiger partial charge in [0.25, 0.3) is 0 Å². The second-order valence-electron chi connectivity index (χ2n) is 14.3. The van der Waals surface area contributed by atoms with Gasteiger partial charge in [-0.3, -0.25) is 14.3 Å². The van der Waals surface area contributed by atoms with Gasteiger partial charge in [-0.25, -0.2) is 19.1 Å². The van der Waals surface area contributed by atoms with Crippen LogP contribution in [0.5, 0.6) is 0 Å². The van der Waals surface area contributed by atoms with Crippen LogP contribution in [-0.2, 0) is 49.4 Å². The van der Waals surface area contributed by atoms with Crippen molar-refractivity contribution >= 4 is 48.5 Å². The molecular formula is C39H53N6O9PS2. The molecule has 0 radical (unpaired) electrons. The van der Waals surface area contributed by atoms with E-state index in [1.54, 1.807) is 18.8 Å². The molecule has 0 bridgehead atoms. The first-order chi connectivity index (χ1) is 27.1. The van der Waals surface area contributed by atoms with Crippen LogP contribution in [-0.4, -0.2) is 80.3 Å². The van der Waals surface area contributed by atoms with Crippen molar-refractivity contribution < 1.29 is 42.7 Å². The van der Waals surface area contributed by atoms with Crippen molar-refractivity contribution in [1.82, 2.24) is 30.8 Å². The molecule has 2 aromatic carbocycles. The second kappa shape index (κ2) is 22.1. The van der Waals surface area contributed by atoms with E-state index in [9.17, 15) is 28.7 Å². The van der Waals surface area contributed by atoms with Gasteiger partial charge in [0.2, 0.25) is 5.91 Å². The number of aromatic nitrogens is 2. The van der Waals surface area contributed by atoms with Crippen molar-refractivity contribution in [1.29, 1.82) is 0 Å². The highest BCUT2D eigenvalue weighted by atomic mass is 32.1. The molecule has 5 N–H and O–H groups in total. The quantitative estimate of drug-likeness (QED) is 0.0460. The molecule has 0 saturated heterocycles. The zero-order valence-electron chi connectivity index (χ0n) is 32.9. The summed E-state index contributed by atoms with van der Waals surface area (Å²) in [5.41, 5.74) is 4.09. The van der Waals surface area contributed by atoms with Crippen molar-refractivity contribution in [3.63, 3.8) is 0 Å². The molecule has 5 atom stereocenters. The van der Waals surface area contributed by atoms with Crippen LogP contribution >= 0.6 is 30.5 Å². The predicted molar refractivity (Wildman–Crippen MR) is 218 cm³/mol. The second-order valence-corrected chi connectivity index (χ2v) is 17.4. The van der Waals surface area contributed by atoms with E-state index in [1.807, 2.05) is 79.9 Å². The normalized spacial score (nSPS) is 14.4. The number of nitrogens with zero attached hydrogens (tertiary/aromatic N) is 3. The summed E-state index contributed by atoms with van der Waals surface area (Å²) >= 11 is 2.87. The molecule has 1 unspecified atom stereocenters.